The summed E-state index contributed by atoms with van der Waals surface area (Å²) in [5.41, 5.74) is 3.88. The smallest absolute Gasteiger partial charge is 0.272 e. The minimum Gasteiger partial charge on any atom is -0.344 e. The predicted octanol–water partition coefficient (Wildman–Crippen LogP) is 1.82. The van der Waals surface area contributed by atoms with Crippen molar-refractivity contribution in [1.29, 1.82) is 0 Å². The summed E-state index contributed by atoms with van der Waals surface area (Å²) in [6, 6.07) is -0.160. The Morgan fingerprint density at radius 1 is 1.43 bits per heavy atom. The summed E-state index contributed by atoms with van der Waals surface area (Å²) < 4.78 is 1.85. The number of carbonyl (C=O) groups excluding carboxylic acids is 1. The van der Waals surface area contributed by atoms with Crippen molar-refractivity contribution in [2.24, 2.45) is 7.05 Å². The zero-order valence-electron chi connectivity index (χ0n) is 12.7. The van der Waals surface area contributed by atoms with Gasteiger partial charge >= 0.3 is 0 Å². The average Bonchev–Trinajstić information content (AvgIpc) is 3.04. The molecule has 2 aromatic rings. The number of hydrogen-bond acceptors (Lipinski definition) is 3. The molecule has 112 valence electrons. The monoisotopic (exact) mass is 287 g/mol. The van der Waals surface area contributed by atoms with E-state index in [4.69, 9.17) is 0 Å². The number of nitrogens with one attached hydrogen (secondary N) is 2. The van der Waals surface area contributed by atoms with E-state index in [9.17, 15) is 4.79 Å². The third kappa shape index (κ3) is 2.57. The summed E-state index contributed by atoms with van der Waals surface area (Å²) >= 11 is 0. The normalized spacial score (nSPS) is 15.6. The van der Waals surface area contributed by atoms with E-state index in [1.807, 2.05) is 25.6 Å². The van der Waals surface area contributed by atoms with Gasteiger partial charge in [-0.15, -0.1) is 0 Å². The molecular weight excluding hydrogens is 266 g/mol. The Morgan fingerprint density at radius 2 is 2.19 bits per heavy atom. The van der Waals surface area contributed by atoms with E-state index < -0.39 is 0 Å². The molecule has 0 aromatic carbocycles. The Kier molecular flexibility index (Phi) is 3.53. The maximum Gasteiger partial charge on any atom is 0.272 e. The molecule has 6 heteroatoms. The van der Waals surface area contributed by atoms with Crippen LogP contribution in [0.15, 0.2) is 6.20 Å². The molecular formula is C15H21N5O. The van der Waals surface area contributed by atoms with Crippen LogP contribution < -0.4 is 5.32 Å². The van der Waals surface area contributed by atoms with E-state index in [2.05, 4.69) is 20.4 Å². The highest BCUT2D eigenvalue weighted by Gasteiger charge is 2.25. The van der Waals surface area contributed by atoms with Gasteiger partial charge in [-0.2, -0.15) is 5.10 Å². The van der Waals surface area contributed by atoms with Crippen molar-refractivity contribution in [3.05, 3.63) is 34.7 Å². The van der Waals surface area contributed by atoms with Crippen LogP contribution in [0.4, 0.5) is 0 Å². The van der Waals surface area contributed by atoms with Crippen LogP contribution in [0, 0.1) is 6.92 Å². The second kappa shape index (κ2) is 5.35. The largest absolute Gasteiger partial charge is 0.344 e. The van der Waals surface area contributed by atoms with Crippen molar-refractivity contribution in [2.75, 3.05) is 0 Å². The molecule has 1 amide bonds. The lowest BCUT2D eigenvalue weighted by Gasteiger charge is -2.14. The zero-order valence-corrected chi connectivity index (χ0v) is 12.7. The van der Waals surface area contributed by atoms with Crippen LogP contribution in [-0.4, -0.2) is 25.7 Å². The standard InChI is InChI=1S/C15H21N5O/c1-9-8-16-14(17-9)10(2)18-15(21)13-11-6-4-5-7-12(11)20(3)19-13/h8,10H,4-7H2,1-3H3,(H,16,17)(H,18,21). The van der Waals surface area contributed by atoms with E-state index in [0.29, 0.717) is 5.69 Å². The molecule has 0 radical (unpaired) electrons. The number of aromatic nitrogens is 4. The van der Waals surface area contributed by atoms with Crippen molar-refractivity contribution >= 4 is 5.91 Å². The van der Waals surface area contributed by atoms with Gasteiger partial charge in [0.25, 0.3) is 5.91 Å². The second-order valence-electron chi connectivity index (χ2n) is 5.75. The van der Waals surface area contributed by atoms with Gasteiger partial charge in [-0.1, -0.05) is 0 Å². The van der Waals surface area contributed by atoms with E-state index in [1.165, 1.54) is 12.1 Å². The fourth-order valence-electron chi connectivity index (χ4n) is 2.94. The number of imidazole rings is 1. The number of hydrogen-bond donors (Lipinski definition) is 2. The molecule has 0 saturated carbocycles. The fraction of sp³-hybridized carbons (Fsp3) is 0.533. The minimum absolute atomic E-state index is 0.115. The van der Waals surface area contributed by atoms with Gasteiger partial charge in [0, 0.05) is 30.2 Å². The van der Waals surface area contributed by atoms with Gasteiger partial charge < -0.3 is 10.3 Å². The van der Waals surface area contributed by atoms with Gasteiger partial charge in [0.1, 0.15) is 5.82 Å². The van der Waals surface area contributed by atoms with E-state index in [-0.39, 0.29) is 11.9 Å². The highest BCUT2D eigenvalue weighted by Crippen LogP contribution is 2.24. The maximum atomic E-state index is 12.5. The molecule has 2 heterocycles. The first-order valence-electron chi connectivity index (χ1n) is 7.43. The van der Waals surface area contributed by atoms with E-state index >= 15 is 0 Å². The third-order valence-corrected chi connectivity index (χ3v) is 4.06. The maximum absolute atomic E-state index is 12.5. The summed E-state index contributed by atoms with van der Waals surface area (Å²) in [4.78, 5) is 19.9. The molecule has 0 saturated heterocycles. The molecule has 1 atom stereocenters. The van der Waals surface area contributed by atoms with E-state index in [0.717, 1.165) is 36.3 Å². The molecule has 3 rings (SSSR count). The molecule has 1 aliphatic rings. The lowest BCUT2D eigenvalue weighted by atomic mass is 9.95. The molecule has 6 nitrogen and oxygen atoms in total. The number of fused-ring (bicyclic) bond motifs is 1. The van der Waals surface area contributed by atoms with Crippen LogP contribution in [0.1, 0.15) is 59.1 Å². The molecule has 0 fully saturated rings. The summed E-state index contributed by atoms with van der Waals surface area (Å²) in [5, 5.41) is 7.40. The van der Waals surface area contributed by atoms with Crippen LogP contribution in [-0.2, 0) is 19.9 Å². The number of H-pyrrole nitrogens is 1. The lowest BCUT2D eigenvalue weighted by molar-refractivity contribution is 0.0931. The van der Waals surface area contributed by atoms with Crippen molar-refractivity contribution in [3.8, 4) is 0 Å². The number of amides is 1. The van der Waals surface area contributed by atoms with Crippen molar-refractivity contribution in [3.63, 3.8) is 0 Å². The summed E-state index contributed by atoms with van der Waals surface area (Å²) in [5.74, 6) is 0.654. The first kappa shape index (κ1) is 13.9. The van der Waals surface area contributed by atoms with Crippen LogP contribution in [0.3, 0.4) is 0 Å². The SMILES string of the molecule is Cc1cnc(C(C)NC(=O)c2nn(C)c3c2CCCC3)[nH]1. The highest BCUT2D eigenvalue weighted by atomic mass is 16.2. The molecule has 2 N–H and O–H groups in total. The fourth-order valence-corrected chi connectivity index (χ4v) is 2.94. The molecule has 0 aliphatic heterocycles. The molecule has 2 aromatic heterocycles. The lowest BCUT2D eigenvalue weighted by Crippen LogP contribution is -2.28. The molecule has 1 unspecified atom stereocenters. The average molecular weight is 287 g/mol. The molecule has 21 heavy (non-hydrogen) atoms. The van der Waals surface area contributed by atoms with Crippen molar-refractivity contribution in [1.82, 2.24) is 25.1 Å². The second-order valence-corrected chi connectivity index (χ2v) is 5.75. The first-order valence-corrected chi connectivity index (χ1v) is 7.43. The third-order valence-electron chi connectivity index (χ3n) is 4.06. The molecule has 1 aliphatic carbocycles. The van der Waals surface area contributed by atoms with Gasteiger partial charge in [0.2, 0.25) is 0 Å². The predicted molar refractivity (Wildman–Crippen MR) is 79.1 cm³/mol. The van der Waals surface area contributed by atoms with Crippen LogP contribution in [0.5, 0.6) is 0 Å². The Hall–Kier alpha value is -2.11. The number of carbonyl (C=O) groups is 1. The summed E-state index contributed by atoms with van der Waals surface area (Å²) in [6.07, 6.45) is 6.03. The summed E-state index contributed by atoms with van der Waals surface area (Å²) in [7, 11) is 1.92. The van der Waals surface area contributed by atoms with Gasteiger partial charge in [-0.05, 0) is 39.5 Å². The number of nitrogens with zero attached hydrogens (tertiary/aromatic N) is 3. The van der Waals surface area contributed by atoms with Crippen LogP contribution in [0.25, 0.3) is 0 Å². The molecule has 0 spiro atoms. The first-order chi connectivity index (χ1) is 10.1. The van der Waals surface area contributed by atoms with Crippen molar-refractivity contribution < 1.29 is 4.79 Å². The topological polar surface area (TPSA) is 75.6 Å². The zero-order chi connectivity index (χ0) is 15.0. The van der Waals surface area contributed by atoms with Crippen LogP contribution >= 0.6 is 0 Å². The van der Waals surface area contributed by atoms with Gasteiger partial charge in [-0.3, -0.25) is 9.48 Å². The van der Waals surface area contributed by atoms with E-state index in [1.54, 1.807) is 6.20 Å². The Morgan fingerprint density at radius 3 is 2.90 bits per heavy atom. The Labute approximate surface area is 124 Å². The Bertz CT molecular complexity index is 670. The number of rotatable bonds is 3. The number of aryl methyl sites for hydroxylation is 2. The van der Waals surface area contributed by atoms with Crippen molar-refractivity contribution in [2.45, 2.75) is 45.6 Å². The minimum atomic E-state index is -0.160. The summed E-state index contributed by atoms with van der Waals surface area (Å²) in [6.45, 7) is 3.87. The van der Waals surface area contributed by atoms with Gasteiger partial charge in [-0.25, -0.2) is 4.98 Å². The quantitative estimate of drug-likeness (QED) is 0.904. The van der Waals surface area contributed by atoms with Crippen LogP contribution in [0.2, 0.25) is 0 Å². The van der Waals surface area contributed by atoms with Gasteiger partial charge in [0.05, 0.1) is 6.04 Å². The molecule has 0 bridgehead atoms. The number of aromatic amines is 1. The Balaban J connectivity index is 1.79. The highest BCUT2D eigenvalue weighted by molar-refractivity contribution is 5.94. The van der Waals surface area contributed by atoms with Gasteiger partial charge in [0.15, 0.2) is 5.69 Å².